The van der Waals surface area contributed by atoms with Crippen LogP contribution in [-0.2, 0) is 13.0 Å². The lowest BCUT2D eigenvalue weighted by Crippen LogP contribution is -2.03. The lowest BCUT2D eigenvalue weighted by atomic mass is 9.98. The summed E-state index contributed by atoms with van der Waals surface area (Å²) in [5.74, 6) is 1.16. The van der Waals surface area contributed by atoms with Crippen molar-refractivity contribution in [1.29, 1.82) is 0 Å². The average molecular weight is 408 g/mol. The van der Waals surface area contributed by atoms with Crippen molar-refractivity contribution in [2.24, 2.45) is 0 Å². The first-order chi connectivity index (χ1) is 15.3. The van der Waals surface area contributed by atoms with Crippen LogP contribution < -0.4 is 4.74 Å². The van der Waals surface area contributed by atoms with Gasteiger partial charge in [0.05, 0.1) is 11.0 Å². The standard InChI is InChI=1S/C24H20N6O/c1-2-20-24(26-22-10-6-5-9-21(22)25-20)31-15-16-11-13-17(14-12-16)18-7-3-4-8-19(18)23-27-29-30-28-23/h3-14H,2,15H2,1H3,(H,27,28,29,30). The highest BCUT2D eigenvalue weighted by molar-refractivity contribution is 5.80. The van der Waals surface area contributed by atoms with Gasteiger partial charge in [0.15, 0.2) is 0 Å². The summed E-state index contributed by atoms with van der Waals surface area (Å²) in [7, 11) is 0. The van der Waals surface area contributed by atoms with Crippen LogP contribution in [0.1, 0.15) is 18.2 Å². The van der Waals surface area contributed by atoms with Crippen LogP contribution >= 0.6 is 0 Å². The van der Waals surface area contributed by atoms with Gasteiger partial charge in [-0.3, -0.25) is 0 Å². The predicted octanol–water partition coefficient (Wildman–Crippen LogP) is 4.62. The normalized spacial score (nSPS) is 11.0. The van der Waals surface area contributed by atoms with Crippen LogP contribution in [0.25, 0.3) is 33.5 Å². The Labute approximate surface area is 179 Å². The van der Waals surface area contributed by atoms with Crippen LogP contribution in [0.5, 0.6) is 5.88 Å². The van der Waals surface area contributed by atoms with E-state index >= 15 is 0 Å². The van der Waals surface area contributed by atoms with Crippen LogP contribution in [0.3, 0.4) is 0 Å². The fourth-order valence-electron chi connectivity index (χ4n) is 3.50. The molecule has 0 unspecified atom stereocenters. The number of aromatic nitrogens is 6. The maximum atomic E-state index is 6.04. The molecule has 0 atom stereocenters. The third-order valence-corrected chi connectivity index (χ3v) is 5.09. The van der Waals surface area contributed by atoms with E-state index in [1.807, 2.05) is 42.5 Å². The lowest BCUT2D eigenvalue weighted by Gasteiger charge is -2.11. The van der Waals surface area contributed by atoms with E-state index in [2.05, 4.69) is 67.8 Å². The summed E-state index contributed by atoms with van der Waals surface area (Å²) in [6.07, 6.45) is 0.763. The average Bonchev–Trinajstić information content (AvgIpc) is 3.37. The molecule has 0 saturated heterocycles. The Balaban J connectivity index is 1.37. The van der Waals surface area contributed by atoms with Crippen molar-refractivity contribution < 1.29 is 4.74 Å². The highest BCUT2D eigenvalue weighted by atomic mass is 16.5. The third-order valence-electron chi connectivity index (χ3n) is 5.09. The van der Waals surface area contributed by atoms with Gasteiger partial charge in [0, 0.05) is 5.56 Å². The molecule has 0 amide bonds. The largest absolute Gasteiger partial charge is 0.471 e. The molecule has 0 aliphatic rings. The van der Waals surface area contributed by atoms with E-state index in [-0.39, 0.29) is 0 Å². The van der Waals surface area contributed by atoms with Crippen molar-refractivity contribution in [3.8, 4) is 28.4 Å². The van der Waals surface area contributed by atoms with Crippen LogP contribution in [0, 0.1) is 0 Å². The first-order valence-electron chi connectivity index (χ1n) is 10.1. The highest BCUT2D eigenvalue weighted by Gasteiger charge is 2.11. The van der Waals surface area contributed by atoms with Crippen LogP contribution in [0.4, 0.5) is 0 Å². The summed E-state index contributed by atoms with van der Waals surface area (Å²) in [6, 6.07) is 24.1. The molecule has 5 aromatic rings. The van der Waals surface area contributed by atoms with Gasteiger partial charge in [-0.15, -0.1) is 10.2 Å². The number of H-pyrrole nitrogens is 1. The molecule has 2 aromatic heterocycles. The number of fused-ring (bicyclic) bond motifs is 1. The molecule has 3 aromatic carbocycles. The molecular weight excluding hydrogens is 388 g/mol. The molecular formula is C24H20N6O. The molecule has 152 valence electrons. The minimum absolute atomic E-state index is 0.423. The molecule has 7 nitrogen and oxygen atoms in total. The fraction of sp³-hybridized carbons (Fsp3) is 0.125. The van der Waals surface area contributed by atoms with E-state index in [1.54, 1.807) is 0 Å². The molecule has 1 N–H and O–H groups in total. The zero-order valence-corrected chi connectivity index (χ0v) is 17.0. The van der Waals surface area contributed by atoms with Crippen LogP contribution in [0.2, 0.25) is 0 Å². The topological polar surface area (TPSA) is 89.5 Å². The van der Waals surface area contributed by atoms with Gasteiger partial charge in [0.25, 0.3) is 0 Å². The first-order valence-corrected chi connectivity index (χ1v) is 10.1. The Morgan fingerprint density at radius 2 is 1.52 bits per heavy atom. The maximum absolute atomic E-state index is 6.04. The molecule has 0 fully saturated rings. The summed E-state index contributed by atoms with van der Waals surface area (Å²) < 4.78 is 6.04. The summed E-state index contributed by atoms with van der Waals surface area (Å²) >= 11 is 0. The summed E-state index contributed by atoms with van der Waals surface area (Å²) in [4.78, 5) is 9.35. The Hall–Kier alpha value is -4.13. The van der Waals surface area contributed by atoms with E-state index in [9.17, 15) is 0 Å². The summed E-state index contributed by atoms with van der Waals surface area (Å²) in [5, 5.41) is 14.4. The van der Waals surface area contributed by atoms with Gasteiger partial charge >= 0.3 is 0 Å². The van der Waals surface area contributed by atoms with Crippen LogP contribution in [0.15, 0.2) is 72.8 Å². The molecule has 0 aliphatic carbocycles. The Bertz CT molecular complexity index is 1320. The monoisotopic (exact) mass is 408 g/mol. The lowest BCUT2D eigenvalue weighted by molar-refractivity contribution is 0.290. The second-order valence-electron chi connectivity index (χ2n) is 7.08. The molecule has 0 saturated carbocycles. The maximum Gasteiger partial charge on any atom is 0.236 e. The van der Waals surface area contributed by atoms with Gasteiger partial charge in [0.1, 0.15) is 12.3 Å². The summed E-state index contributed by atoms with van der Waals surface area (Å²) in [5.41, 5.74) is 6.69. The number of aromatic amines is 1. The van der Waals surface area contributed by atoms with Crippen molar-refractivity contribution in [2.75, 3.05) is 0 Å². The molecule has 2 heterocycles. The number of benzene rings is 3. The molecule has 5 rings (SSSR count). The van der Waals surface area contributed by atoms with Gasteiger partial charge < -0.3 is 4.74 Å². The number of rotatable bonds is 6. The number of hydrogen-bond donors (Lipinski definition) is 1. The zero-order chi connectivity index (χ0) is 21.0. The van der Waals surface area contributed by atoms with E-state index in [1.165, 1.54) is 0 Å². The Morgan fingerprint density at radius 3 is 2.23 bits per heavy atom. The number of aryl methyl sites for hydroxylation is 1. The number of para-hydroxylation sites is 2. The number of tetrazole rings is 1. The summed E-state index contributed by atoms with van der Waals surface area (Å²) in [6.45, 7) is 2.48. The van der Waals surface area contributed by atoms with Crippen LogP contribution in [-0.4, -0.2) is 30.6 Å². The molecule has 0 radical (unpaired) electrons. The van der Waals surface area contributed by atoms with Crippen molar-refractivity contribution in [3.63, 3.8) is 0 Å². The van der Waals surface area contributed by atoms with E-state index in [0.29, 0.717) is 18.3 Å². The van der Waals surface area contributed by atoms with Gasteiger partial charge in [-0.05, 0) is 40.5 Å². The molecule has 0 aliphatic heterocycles. The van der Waals surface area contributed by atoms with Crippen molar-refractivity contribution in [1.82, 2.24) is 30.6 Å². The number of ether oxygens (including phenoxy) is 1. The van der Waals surface area contributed by atoms with E-state index in [4.69, 9.17) is 4.74 Å². The highest BCUT2D eigenvalue weighted by Crippen LogP contribution is 2.30. The number of hydrogen-bond acceptors (Lipinski definition) is 6. The van der Waals surface area contributed by atoms with E-state index in [0.717, 1.165) is 45.4 Å². The second-order valence-corrected chi connectivity index (χ2v) is 7.08. The molecule has 0 spiro atoms. The van der Waals surface area contributed by atoms with E-state index < -0.39 is 0 Å². The van der Waals surface area contributed by atoms with Crippen molar-refractivity contribution in [2.45, 2.75) is 20.0 Å². The molecule has 31 heavy (non-hydrogen) atoms. The van der Waals surface area contributed by atoms with Gasteiger partial charge in [-0.1, -0.05) is 67.6 Å². The molecule has 7 heteroatoms. The Kier molecular flexibility index (Phi) is 5.06. The van der Waals surface area contributed by atoms with Crippen molar-refractivity contribution in [3.05, 3.63) is 84.1 Å². The van der Waals surface area contributed by atoms with Gasteiger partial charge in [-0.2, -0.15) is 5.21 Å². The number of nitrogens with zero attached hydrogens (tertiary/aromatic N) is 5. The third kappa shape index (κ3) is 3.85. The fourth-order valence-corrected chi connectivity index (χ4v) is 3.50. The quantitative estimate of drug-likeness (QED) is 0.441. The zero-order valence-electron chi connectivity index (χ0n) is 17.0. The van der Waals surface area contributed by atoms with Gasteiger partial charge in [0.2, 0.25) is 11.7 Å². The minimum Gasteiger partial charge on any atom is -0.471 e. The van der Waals surface area contributed by atoms with Crippen molar-refractivity contribution >= 4 is 11.0 Å². The predicted molar refractivity (Wildman–Crippen MR) is 118 cm³/mol. The second kappa shape index (κ2) is 8.31. The Morgan fingerprint density at radius 1 is 0.806 bits per heavy atom. The number of nitrogens with one attached hydrogen (secondary N) is 1. The smallest absolute Gasteiger partial charge is 0.236 e. The van der Waals surface area contributed by atoms with Gasteiger partial charge in [-0.25, -0.2) is 9.97 Å². The minimum atomic E-state index is 0.423. The first kappa shape index (κ1) is 18.9. The SMILES string of the molecule is CCc1nc2ccccc2nc1OCc1ccc(-c2ccccc2-c2nn[nH]n2)cc1. The molecule has 0 bridgehead atoms.